The first-order chi connectivity index (χ1) is 9.63. The van der Waals surface area contributed by atoms with Gasteiger partial charge < -0.3 is 5.32 Å². The maximum atomic E-state index is 4.63. The van der Waals surface area contributed by atoms with Crippen LogP contribution in [0.15, 0.2) is 35.3 Å². The van der Waals surface area contributed by atoms with Gasteiger partial charge in [0.05, 0.1) is 6.54 Å². The predicted octanol–water partition coefficient (Wildman–Crippen LogP) is 4.11. The van der Waals surface area contributed by atoms with Gasteiger partial charge in [0.2, 0.25) is 0 Å². The molecule has 0 fully saturated rings. The van der Waals surface area contributed by atoms with Crippen LogP contribution >= 0.6 is 11.8 Å². The van der Waals surface area contributed by atoms with Crippen LogP contribution in [0.2, 0.25) is 0 Å². The molecule has 0 amide bonds. The van der Waals surface area contributed by atoms with Crippen LogP contribution in [-0.2, 0) is 6.42 Å². The minimum absolute atomic E-state index is 0.485. The molecule has 0 aliphatic carbocycles. The average Bonchev–Trinajstić information content (AvgIpc) is 2.84. The number of amidine groups is 1. The zero-order valence-electron chi connectivity index (χ0n) is 12.8. The van der Waals surface area contributed by atoms with Gasteiger partial charge in [-0.3, -0.25) is 4.99 Å². The van der Waals surface area contributed by atoms with Crippen molar-refractivity contribution in [2.24, 2.45) is 10.9 Å². The summed E-state index contributed by atoms with van der Waals surface area (Å²) < 4.78 is 0. The number of aliphatic imine (C=N–C) groups is 1. The van der Waals surface area contributed by atoms with Gasteiger partial charge in [0.25, 0.3) is 0 Å². The summed E-state index contributed by atoms with van der Waals surface area (Å²) in [5.41, 5.74) is 1.42. The van der Waals surface area contributed by atoms with Gasteiger partial charge in [-0.05, 0) is 37.7 Å². The number of benzene rings is 1. The fraction of sp³-hybridized carbons (Fsp3) is 0.588. The van der Waals surface area contributed by atoms with Crippen LogP contribution in [0, 0.1) is 5.92 Å². The van der Waals surface area contributed by atoms with Gasteiger partial charge in [-0.2, -0.15) is 0 Å². The van der Waals surface area contributed by atoms with E-state index in [0.29, 0.717) is 11.3 Å². The molecule has 1 N–H and O–H groups in total. The summed E-state index contributed by atoms with van der Waals surface area (Å²) in [7, 11) is 0. The number of hydrogen-bond donors (Lipinski definition) is 1. The van der Waals surface area contributed by atoms with Crippen LogP contribution in [0.25, 0.3) is 0 Å². The molecule has 1 heterocycles. The molecular formula is C17H26N2S. The molecule has 1 aromatic rings. The summed E-state index contributed by atoms with van der Waals surface area (Å²) in [6.45, 7) is 7.81. The van der Waals surface area contributed by atoms with E-state index in [2.05, 4.69) is 61.4 Å². The van der Waals surface area contributed by atoms with Gasteiger partial charge in [0.1, 0.15) is 0 Å². The third-order valence-electron chi connectivity index (χ3n) is 3.53. The molecule has 2 atom stereocenters. The van der Waals surface area contributed by atoms with Gasteiger partial charge in [0, 0.05) is 11.3 Å². The maximum absolute atomic E-state index is 4.63. The Morgan fingerprint density at radius 3 is 2.70 bits per heavy atom. The highest BCUT2D eigenvalue weighted by Gasteiger charge is 2.21. The number of thioether (sulfide) groups is 1. The van der Waals surface area contributed by atoms with Crippen molar-refractivity contribution >= 4 is 16.9 Å². The zero-order valence-corrected chi connectivity index (χ0v) is 13.6. The Balaban J connectivity index is 1.69. The molecule has 0 spiro atoms. The SMILES string of the molecule is CC(C)CC1CN=C(NC(C)CCc2ccccc2)S1. The lowest BCUT2D eigenvalue weighted by Gasteiger charge is -2.16. The van der Waals surface area contributed by atoms with E-state index in [9.17, 15) is 0 Å². The van der Waals surface area contributed by atoms with Gasteiger partial charge in [-0.15, -0.1) is 0 Å². The molecule has 0 saturated carbocycles. The lowest BCUT2D eigenvalue weighted by Crippen LogP contribution is -2.30. The zero-order chi connectivity index (χ0) is 14.4. The van der Waals surface area contributed by atoms with Crippen LogP contribution in [0.3, 0.4) is 0 Å². The Kier molecular flexibility index (Phi) is 5.96. The highest BCUT2D eigenvalue weighted by Crippen LogP contribution is 2.25. The summed E-state index contributed by atoms with van der Waals surface area (Å²) in [6.07, 6.45) is 3.54. The monoisotopic (exact) mass is 290 g/mol. The molecule has 0 aromatic heterocycles. The van der Waals surface area contributed by atoms with Crippen LogP contribution in [0.4, 0.5) is 0 Å². The van der Waals surface area contributed by atoms with E-state index in [4.69, 9.17) is 0 Å². The minimum atomic E-state index is 0.485. The number of rotatable bonds is 6. The molecule has 110 valence electrons. The molecule has 1 aliphatic rings. The molecule has 20 heavy (non-hydrogen) atoms. The summed E-state index contributed by atoms with van der Waals surface area (Å²) in [6, 6.07) is 11.2. The smallest absolute Gasteiger partial charge is 0.157 e. The van der Waals surface area contributed by atoms with Crippen LogP contribution in [0.5, 0.6) is 0 Å². The van der Waals surface area contributed by atoms with Gasteiger partial charge in [0.15, 0.2) is 5.17 Å². The average molecular weight is 290 g/mol. The quantitative estimate of drug-likeness (QED) is 0.852. The Labute approximate surface area is 127 Å². The molecule has 0 bridgehead atoms. The Morgan fingerprint density at radius 2 is 2.00 bits per heavy atom. The molecule has 2 rings (SSSR count). The van der Waals surface area contributed by atoms with E-state index >= 15 is 0 Å². The largest absolute Gasteiger partial charge is 0.362 e. The van der Waals surface area contributed by atoms with Gasteiger partial charge in [-0.25, -0.2) is 0 Å². The predicted molar refractivity (Wildman–Crippen MR) is 90.5 cm³/mol. The van der Waals surface area contributed by atoms with Crippen molar-refractivity contribution in [3.8, 4) is 0 Å². The Morgan fingerprint density at radius 1 is 1.25 bits per heavy atom. The summed E-state index contributed by atoms with van der Waals surface area (Å²) in [4.78, 5) is 4.63. The maximum Gasteiger partial charge on any atom is 0.157 e. The van der Waals surface area contributed by atoms with Crippen molar-refractivity contribution in [1.29, 1.82) is 0 Å². The Hall–Kier alpha value is -0.960. The van der Waals surface area contributed by atoms with Gasteiger partial charge >= 0.3 is 0 Å². The highest BCUT2D eigenvalue weighted by atomic mass is 32.2. The van der Waals surface area contributed by atoms with Crippen LogP contribution in [0.1, 0.15) is 39.2 Å². The van der Waals surface area contributed by atoms with Crippen molar-refractivity contribution in [3.63, 3.8) is 0 Å². The normalized spacial score (nSPS) is 20.0. The van der Waals surface area contributed by atoms with E-state index in [1.165, 1.54) is 12.0 Å². The van der Waals surface area contributed by atoms with E-state index in [0.717, 1.165) is 30.5 Å². The molecule has 2 nitrogen and oxygen atoms in total. The number of hydrogen-bond acceptors (Lipinski definition) is 3. The second-order valence-corrected chi connectivity index (χ2v) is 7.37. The Bertz CT molecular complexity index is 428. The first kappa shape index (κ1) is 15.4. The fourth-order valence-electron chi connectivity index (χ4n) is 2.46. The molecular weight excluding hydrogens is 264 g/mol. The molecule has 2 unspecified atom stereocenters. The van der Waals surface area contributed by atoms with E-state index in [1.54, 1.807) is 0 Å². The van der Waals surface area contributed by atoms with Gasteiger partial charge in [-0.1, -0.05) is 55.9 Å². The number of nitrogens with one attached hydrogen (secondary N) is 1. The summed E-state index contributed by atoms with van der Waals surface area (Å²) in [5.74, 6) is 0.762. The summed E-state index contributed by atoms with van der Waals surface area (Å²) in [5, 5.41) is 5.39. The topological polar surface area (TPSA) is 24.4 Å². The summed E-state index contributed by atoms with van der Waals surface area (Å²) >= 11 is 1.93. The number of aryl methyl sites for hydroxylation is 1. The van der Waals surface area contributed by atoms with Crippen molar-refractivity contribution in [2.75, 3.05) is 6.54 Å². The molecule has 0 saturated heterocycles. The van der Waals surface area contributed by atoms with Crippen molar-refractivity contribution < 1.29 is 0 Å². The second-order valence-electron chi connectivity index (χ2n) is 6.08. The first-order valence-electron chi connectivity index (χ1n) is 7.65. The van der Waals surface area contributed by atoms with E-state index in [1.807, 2.05) is 11.8 Å². The van der Waals surface area contributed by atoms with Crippen molar-refractivity contribution in [3.05, 3.63) is 35.9 Å². The first-order valence-corrected chi connectivity index (χ1v) is 8.53. The van der Waals surface area contributed by atoms with E-state index in [-0.39, 0.29) is 0 Å². The minimum Gasteiger partial charge on any atom is -0.362 e. The lowest BCUT2D eigenvalue weighted by atomic mass is 10.1. The van der Waals surface area contributed by atoms with E-state index < -0.39 is 0 Å². The molecule has 1 aromatic carbocycles. The van der Waals surface area contributed by atoms with Crippen molar-refractivity contribution in [2.45, 2.75) is 51.3 Å². The molecule has 1 aliphatic heterocycles. The third kappa shape index (κ3) is 5.20. The fourth-order valence-corrected chi connectivity index (χ4v) is 3.82. The highest BCUT2D eigenvalue weighted by molar-refractivity contribution is 8.14. The molecule has 3 heteroatoms. The number of nitrogens with zero attached hydrogens (tertiary/aromatic N) is 1. The third-order valence-corrected chi connectivity index (χ3v) is 4.67. The van der Waals surface area contributed by atoms with Crippen molar-refractivity contribution in [1.82, 2.24) is 5.32 Å². The lowest BCUT2D eigenvalue weighted by molar-refractivity contribution is 0.575. The van der Waals surface area contributed by atoms with Crippen LogP contribution in [-0.4, -0.2) is 23.0 Å². The van der Waals surface area contributed by atoms with Crippen LogP contribution < -0.4 is 5.32 Å². The standard InChI is InChI=1S/C17H26N2S/c1-13(2)11-16-12-18-17(20-16)19-14(3)9-10-15-7-5-4-6-8-15/h4-8,13-14,16H,9-12H2,1-3H3,(H,18,19). The second kappa shape index (κ2) is 7.72. The molecule has 0 radical (unpaired) electrons.